The van der Waals surface area contributed by atoms with Crippen molar-refractivity contribution in [3.8, 4) is 0 Å². The van der Waals surface area contributed by atoms with Crippen LogP contribution in [0.25, 0.3) is 16.5 Å². The predicted molar refractivity (Wildman–Crippen MR) is 91.7 cm³/mol. The summed E-state index contributed by atoms with van der Waals surface area (Å²) in [4.78, 5) is 11.5. The highest BCUT2D eigenvalue weighted by atomic mass is 16.5. The topological polar surface area (TPSA) is 31.2 Å². The molecule has 1 aromatic carbocycles. The first-order valence-corrected chi connectivity index (χ1v) is 8.10. The summed E-state index contributed by atoms with van der Waals surface area (Å²) in [6.07, 6.45) is 7.42. The Labute approximate surface area is 132 Å². The molecule has 2 aromatic rings. The van der Waals surface area contributed by atoms with E-state index in [-0.39, 0.29) is 5.97 Å². The number of ether oxygens (including phenoxy) is 1. The summed E-state index contributed by atoms with van der Waals surface area (Å²) < 4.78 is 7.27. The van der Waals surface area contributed by atoms with Crippen LogP contribution in [0.2, 0.25) is 0 Å². The molecule has 0 radical (unpaired) electrons. The quantitative estimate of drug-likeness (QED) is 0.418. The van der Waals surface area contributed by atoms with Gasteiger partial charge < -0.3 is 9.30 Å². The van der Waals surface area contributed by atoms with Crippen molar-refractivity contribution in [3.05, 3.63) is 42.1 Å². The second kappa shape index (κ2) is 7.83. The minimum absolute atomic E-state index is 0.280. The summed E-state index contributed by atoms with van der Waals surface area (Å²) in [5.74, 6) is -0.280. The summed E-state index contributed by atoms with van der Waals surface area (Å²) in [7, 11) is 0. The van der Waals surface area contributed by atoms with Crippen molar-refractivity contribution < 1.29 is 9.53 Å². The SMILES string of the molecule is CCCCCn1ccc2cc(/C(C)=C/C(=O)OCC)ccc21. The zero-order valence-electron chi connectivity index (χ0n) is 13.8. The lowest BCUT2D eigenvalue weighted by molar-refractivity contribution is -0.137. The van der Waals surface area contributed by atoms with E-state index in [1.165, 1.54) is 30.2 Å². The molecular weight excluding hydrogens is 274 g/mol. The Morgan fingerprint density at radius 1 is 1.23 bits per heavy atom. The number of aryl methyl sites for hydroxylation is 1. The van der Waals surface area contributed by atoms with Gasteiger partial charge in [0.2, 0.25) is 0 Å². The van der Waals surface area contributed by atoms with Gasteiger partial charge in [-0.1, -0.05) is 25.8 Å². The molecule has 1 heterocycles. The molecule has 0 amide bonds. The summed E-state index contributed by atoms with van der Waals surface area (Å²) >= 11 is 0. The number of rotatable bonds is 7. The van der Waals surface area contributed by atoms with E-state index in [0.717, 1.165) is 17.7 Å². The van der Waals surface area contributed by atoms with Crippen molar-refractivity contribution in [1.29, 1.82) is 0 Å². The number of carbonyl (C=O) groups is 1. The van der Waals surface area contributed by atoms with E-state index in [1.54, 1.807) is 6.08 Å². The third-order valence-corrected chi connectivity index (χ3v) is 3.85. The van der Waals surface area contributed by atoms with Crippen LogP contribution in [0.1, 0.15) is 45.6 Å². The maximum Gasteiger partial charge on any atom is 0.331 e. The van der Waals surface area contributed by atoms with Crippen LogP contribution < -0.4 is 0 Å². The van der Waals surface area contributed by atoms with Gasteiger partial charge in [0.15, 0.2) is 0 Å². The first-order valence-electron chi connectivity index (χ1n) is 8.10. The van der Waals surface area contributed by atoms with E-state index < -0.39 is 0 Å². The van der Waals surface area contributed by atoms with Crippen LogP contribution in [-0.4, -0.2) is 17.1 Å². The average Bonchev–Trinajstić information content (AvgIpc) is 2.90. The Kier molecular flexibility index (Phi) is 5.82. The fourth-order valence-electron chi connectivity index (χ4n) is 2.62. The standard InChI is InChI=1S/C19H25NO2/c1-4-6-7-11-20-12-10-17-14-16(8-9-18(17)20)15(3)13-19(21)22-5-2/h8-10,12-14H,4-7,11H2,1-3H3/b15-13+. The summed E-state index contributed by atoms with van der Waals surface area (Å²) in [6, 6.07) is 8.49. The highest BCUT2D eigenvalue weighted by Gasteiger charge is 2.05. The largest absolute Gasteiger partial charge is 0.463 e. The number of esters is 1. The van der Waals surface area contributed by atoms with Crippen molar-refractivity contribution in [3.63, 3.8) is 0 Å². The molecule has 2 rings (SSSR count). The van der Waals surface area contributed by atoms with Crippen molar-refractivity contribution in [2.75, 3.05) is 6.61 Å². The molecular formula is C19H25NO2. The monoisotopic (exact) mass is 299 g/mol. The van der Waals surface area contributed by atoms with Crippen LogP contribution in [-0.2, 0) is 16.1 Å². The molecule has 118 valence electrons. The molecule has 22 heavy (non-hydrogen) atoms. The second-order valence-corrected chi connectivity index (χ2v) is 5.57. The lowest BCUT2D eigenvalue weighted by atomic mass is 10.1. The molecule has 1 aromatic heterocycles. The van der Waals surface area contributed by atoms with E-state index in [9.17, 15) is 4.79 Å². The van der Waals surface area contributed by atoms with Gasteiger partial charge in [0.05, 0.1) is 6.61 Å². The molecule has 0 fully saturated rings. The number of nitrogens with zero attached hydrogens (tertiary/aromatic N) is 1. The highest BCUT2D eigenvalue weighted by Crippen LogP contribution is 2.22. The minimum Gasteiger partial charge on any atom is -0.463 e. The molecule has 3 heteroatoms. The van der Waals surface area contributed by atoms with Gasteiger partial charge in [0.1, 0.15) is 0 Å². The van der Waals surface area contributed by atoms with Crippen LogP contribution in [0.15, 0.2) is 36.5 Å². The molecule has 0 aliphatic heterocycles. The average molecular weight is 299 g/mol. The zero-order chi connectivity index (χ0) is 15.9. The van der Waals surface area contributed by atoms with Gasteiger partial charge in [-0.2, -0.15) is 0 Å². The number of carbonyl (C=O) groups excluding carboxylic acids is 1. The van der Waals surface area contributed by atoms with Gasteiger partial charge in [-0.05, 0) is 49.6 Å². The third kappa shape index (κ3) is 4.00. The number of fused-ring (bicyclic) bond motifs is 1. The number of benzene rings is 1. The number of hydrogen-bond acceptors (Lipinski definition) is 2. The van der Waals surface area contributed by atoms with Gasteiger partial charge in [0, 0.05) is 29.7 Å². The zero-order valence-corrected chi connectivity index (χ0v) is 13.8. The van der Waals surface area contributed by atoms with Gasteiger partial charge in [-0.3, -0.25) is 0 Å². The summed E-state index contributed by atoms with van der Waals surface area (Å²) in [6.45, 7) is 7.44. The van der Waals surface area contributed by atoms with Crippen LogP contribution in [0.5, 0.6) is 0 Å². The molecule has 0 spiro atoms. The van der Waals surface area contributed by atoms with E-state index in [1.807, 2.05) is 13.8 Å². The van der Waals surface area contributed by atoms with Gasteiger partial charge in [-0.15, -0.1) is 0 Å². The van der Waals surface area contributed by atoms with Crippen molar-refractivity contribution in [2.45, 2.75) is 46.6 Å². The van der Waals surface area contributed by atoms with Crippen LogP contribution in [0, 0.1) is 0 Å². The van der Waals surface area contributed by atoms with E-state index in [4.69, 9.17) is 4.74 Å². The normalized spacial score (nSPS) is 11.9. The Bertz CT molecular complexity index is 667. The number of unbranched alkanes of at least 4 members (excludes halogenated alkanes) is 2. The summed E-state index contributed by atoms with van der Waals surface area (Å²) in [5, 5.41) is 1.21. The van der Waals surface area contributed by atoms with Crippen molar-refractivity contribution in [2.24, 2.45) is 0 Å². The first kappa shape index (κ1) is 16.3. The Hall–Kier alpha value is -2.03. The maximum absolute atomic E-state index is 11.5. The van der Waals surface area contributed by atoms with Crippen molar-refractivity contribution in [1.82, 2.24) is 4.57 Å². The lowest BCUT2D eigenvalue weighted by Crippen LogP contribution is -2.00. The fraction of sp³-hybridized carbons (Fsp3) is 0.421. The number of allylic oxidation sites excluding steroid dienone is 1. The van der Waals surface area contributed by atoms with Crippen LogP contribution >= 0.6 is 0 Å². The molecule has 0 saturated heterocycles. The third-order valence-electron chi connectivity index (χ3n) is 3.85. The second-order valence-electron chi connectivity index (χ2n) is 5.57. The molecule has 0 saturated carbocycles. The molecule has 0 aliphatic carbocycles. The first-order chi connectivity index (χ1) is 10.7. The smallest absolute Gasteiger partial charge is 0.331 e. The fourth-order valence-corrected chi connectivity index (χ4v) is 2.62. The van der Waals surface area contributed by atoms with E-state index in [2.05, 4.69) is 42.0 Å². The van der Waals surface area contributed by atoms with Gasteiger partial charge in [-0.25, -0.2) is 4.79 Å². The Morgan fingerprint density at radius 2 is 2.05 bits per heavy atom. The predicted octanol–water partition coefficient (Wildman–Crippen LogP) is 4.80. The lowest BCUT2D eigenvalue weighted by Gasteiger charge is -2.06. The summed E-state index contributed by atoms with van der Waals surface area (Å²) in [5.41, 5.74) is 3.25. The molecule has 0 atom stereocenters. The molecule has 0 aliphatic rings. The highest BCUT2D eigenvalue weighted by molar-refractivity contribution is 5.92. The molecule has 3 nitrogen and oxygen atoms in total. The van der Waals surface area contributed by atoms with Crippen molar-refractivity contribution >= 4 is 22.4 Å². The Balaban J connectivity index is 2.19. The minimum atomic E-state index is -0.280. The van der Waals surface area contributed by atoms with Crippen LogP contribution in [0.4, 0.5) is 0 Å². The van der Waals surface area contributed by atoms with Crippen LogP contribution in [0.3, 0.4) is 0 Å². The maximum atomic E-state index is 11.5. The number of aromatic nitrogens is 1. The Morgan fingerprint density at radius 3 is 2.77 bits per heavy atom. The molecule has 0 N–H and O–H groups in total. The van der Waals surface area contributed by atoms with E-state index >= 15 is 0 Å². The van der Waals surface area contributed by atoms with E-state index in [0.29, 0.717) is 6.61 Å². The molecule has 0 unspecified atom stereocenters. The molecule has 0 bridgehead atoms. The van der Waals surface area contributed by atoms with Gasteiger partial charge >= 0.3 is 5.97 Å². The number of hydrogen-bond donors (Lipinski definition) is 0. The van der Waals surface area contributed by atoms with Gasteiger partial charge in [0.25, 0.3) is 0 Å².